The summed E-state index contributed by atoms with van der Waals surface area (Å²) in [6, 6.07) is 2.93. The van der Waals surface area contributed by atoms with Gasteiger partial charge in [0.15, 0.2) is 11.4 Å². The Balaban J connectivity index is 1.71. The van der Waals surface area contributed by atoms with Crippen LogP contribution in [0.1, 0.15) is 39.3 Å². The molecule has 34 heavy (non-hydrogen) atoms. The van der Waals surface area contributed by atoms with Crippen LogP contribution in [0, 0.1) is 11.6 Å². The lowest BCUT2D eigenvalue weighted by Crippen LogP contribution is -2.58. The number of aromatic hydroxyl groups is 1. The van der Waals surface area contributed by atoms with Gasteiger partial charge in [0.1, 0.15) is 17.2 Å². The standard InChI is InChI=1S/C23H25F2N3O6/c1-33-8-6-27-12-23(5-2-7-34-13-23)28-11-16(19(29)20(30)18(28)22(27)32)21(31)26-10-14-3-4-15(24)9-17(14)25/h3-4,9,11,30H,2,5-8,10,12-13H2,1H3,(H,26,31). The maximum absolute atomic E-state index is 13.9. The summed E-state index contributed by atoms with van der Waals surface area (Å²) < 4.78 is 39.3. The van der Waals surface area contributed by atoms with Crippen molar-refractivity contribution in [2.75, 3.05) is 40.0 Å². The van der Waals surface area contributed by atoms with E-state index in [1.807, 2.05) is 0 Å². The number of pyridine rings is 1. The van der Waals surface area contributed by atoms with E-state index in [-0.39, 0.29) is 44.1 Å². The summed E-state index contributed by atoms with van der Waals surface area (Å²) in [5, 5.41) is 13.1. The Bertz CT molecular complexity index is 1180. The van der Waals surface area contributed by atoms with E-state index in [1.54, 1.807) is 0 Å². The molecule has 0 saturated carbocycles. The Morgan fingerprint density at radius 2 is 2.12 bits per heavy atom. The largest absolute Gasteiger partial charge is 0.503 e. The molecule has 2 aliphatic rings. The zero-order valence-corrected chi connectivity index (χ0v) is 18.6. The molecule has 9 nitrogen and oxygen atoms in total. The molecule has 0 bridgehead atoms. The summed E-state index contributed by atoms with van der Waals surface area (Å²) in [5.74, 6) is -3.85. The fourth-order valence-corrected chi connectivity index (χ4v) is 4.46. The van der Waals surface area contributed by atoms with Gasteiger partial charge in [-0.05, 0) is 18.9 Å². The molecule has 4 rings (SSSR count). The van der Waals surface area contributed by atoms with Crippen molar-refractivity contribution in [3.8, 4) is 5.75 Å². The van der Waals surface area contributed by atoms with E-state index in [2.05, 4.69) is 5.32 Å². The Morgan fingerprint density at radius 3 is 2.79 bits per heavy atom. The highest BCUT2D eigenvalue weighted by atomic mass is 19.1. The predicted octanol–water partition coefficient (Wildman–Crippen LogP) is 1.37. The van der Waals surface area contributed by atoms with Gasteiger partial charge in [-0.2, -0.15) is 0 Å². The first-order chi connectivity index (χ1) is 16.3. The first-order valence-electron chi connectivity index (χ1n) is 10.8. The van der Waals surface area contributed by atoms with Crippen LogP contribution in [0.5, 0.6) is 5.75 Å². The predicted molar refractivity (Wildman–Crippen MR) is 116 cm³/mol. The van der Waals surface area contributed by atoms with Gasteiger partial charge in [0, 0.05) is 51.2 Å². The average Bonchev–Trinajstić information content (AvgIpc) is 2.82. The number of hydrogen-bond acceptors (Lipinski definition) is 6. The normalized spacial score (nSPS) is 19.9. The number of ether oxygens (including phenoxy) is 2. The number of carbonyl (C=O) groups excluding carboxylic acids is 2. The molecule has 182 valence electrons. The molecule has 2 aliphatic heterocycles. The second-order valence-electron chi connectivity index (χ2n) is 8.46. The van der Waals surface area contributed by atoms with Crippen LogP contribution in [0.4, 0.5) is 8.78 Å². The van der Waals surface area contributed by atoms with E-state index in [0.717, 1.165) is 6.07 Å². The van der Waals surface area contributed by atoms with Crippen LogP contribution in [0.15, 0.2) is 29.2 Å². The first-order valence-corrected chi connectivity index (χ1v) is 10.8. The van der Waals surface area contributed by atoms with Gasteiger partial charge in [0.2, 0.25) is 5.43 Å². The zero-order chi connectivity index (χ0) is 24.5. The summed E-state index contributed by atoms with van der Waals surface area (Å²) in [5.41, 5.74) is -2.38. The van der Waals surface area contributed by atoms with Crippen LogP contribution in [0.25, 0.3) is 0 Å². The van der Waals surface area contributed by atoms with Crippen LogP contribution in [0.3, 0.4) is 0 Å². The fraction of sp³-hybridized carbons (Fsp3) is 0.435. The molecule has 0 aliphatic carbocycles. The molecule has 3 heterocycles. The molecule has 0 radical (unpaired) electrons. The van der Waals surface area contributed by atoms with Gasteiger partial charge in [0.25, 0.3) is 11.8 Å². The van der Waals surface area contributed by atoms with E-state index in [9.17, 15) is 28.3 Å². The molecular weight excluding hydrogens is 452 g/mol. The Kier molecular flexibility index (Phi) is 6.67. The topological polar surface area (TPSA) is 110 Å². The van der Waals surface area contributed by atoms with Gasteiger partial charge >= 0.3 is 0 Å². The Labute approximate surface area is 193 Å². The number of rotatable bonds is 6. The quantitative estimate of drug-likeness (QED) is 0.651. The van der Waals surface area contributed by atoms with Crippen molar-refractivity contribution in [3.63, 3.8) is 0 Å². The summed E-state index contributed by atoms with van der Waals surface area (Å²) >= 11 is 0. The number of halogens is 2. The van der Waals surface area contributed by atoms with Gasteiger partial charge in [-0.1, -0.05) is 6.07 Å². The van der Waals surface area contributed by atoms with Crippen molar-refractivity contribution in [1.82, 2.24) is 14.8 Å². The number of benzene rings is 1. The van der Waals surface area contributed by atoms with Crippen LogP contribution in [-0.4, -0.2) is 66.4 Å². The molecular formula is C23H25F2N3O6. The highest BCUT2D eigenvalue weighted by molar-refractivity contribution is 5.99. The molecule has 1 saturated heterocycles. The Morgan fingerprint density at radius 1 is 1.32 bits per heavy atom. The number of fused-ring (bicyclic) bond motifs is 2. The second kappa shape index (κ2) is 9.51. The van der Waals surface area contributed by atoms with Gasteiger partial charge in [-0.3, -0.25) is 14.4 Å². The number of carbonyl (C=O) groups is 2. The second-order valence-corrected chi connectivity index (χ2v) is 8.46. The molecule has 1 aromatic carbocycles. The number of nitrogens with one attached hydrogen (secondary N) is 1. The number of aromatic nitrogens is 1. The lowest BCUT2D eigenvalue weighted by Gasteiger charge is -2.47. The molecule has 11 heteroatoms. The monoisotopic (exact) mass is 477 g/mol. The van der Waals surface area contributed by atoms with Gasteiger partial charge < -0.3 is 29.4 Å². The summed E-state index contributed by atoms with van der Waals surface area (Å²) in [6.45, 7) is 1.24. The molecule has 1 fully saturated rings. The smallest absolute Gasteiger partial charge is 0.274 e. The van der Waals surface area contributed by atoms with Crippen molar-refractivity contribution in [2.45, 2.75) is 24.9 Å². The maximum atomic E-state index is 13.9. The highest BCUT2D eigenvalue weighted by Gasteiger charge is 2.46. The molecule has 1 unspecified atom stereocenters. The van der Waals surface area contributed by atoms with E-state index < -0.39 is 45.7 Å². The number of amides is 2. The molecule has 2 aromatic rings. The number of hydrogen-bond donors (Lipinski definition) is 2. The van der Waals surface area contributed by atoms with Crippen molar-refractivity contribution < 1.29 is 33.0 Å². The third-order valence-corrected chi connectivity index (χ3v) is 6.24. The minimum atomic E-state index is -1.02. The van der Waals surface area contributed by atoms with Crippen LogP contribution < -0.4 is 10.7 Å². The molecule has 2 amide bonds. The van der Waals surface area contributed by atoms with Crippen LogP contribution >= 0.6 is 0 Å². The van der Waals surface area contributed by atoms with Gasteiger partial charge in [-0.15, -0.1) is 0 Å². The van der Waals surface area contributed by atoms with Crippen LogP contribution in [0.2, 0.25) is 0 Å². The van der Waals surface area contributed by atoms with E-state index >= 15 is 0 Å². The summed E-state index contributed by atoms with van der Waals surface area (Å²) in [7, 11) is 1.51. The Hall–Kier alpha value is -3.31. The van der Waals surface area contributed by atoms with Crippen molar-refractivity contribution in [1.29, 1.82) is 0 Å². The van der Waals surface area contributed by atoms with Crippen LogP contribution in [-0.2, 0) is 21.6 Å². The molecule has 2 N–H and O–H groups in total. The van der Waals surface area contributed by atoms with E-state index in [0.29, 0.717) is 25.5 Å². The van der Waals surface area contributed by atoms with Crippen molar-refractivity contribution >= 4 is 11.8 Å². The van der Waals surface area contributed by atoms with E-state index in [4.69, 9.17) is 9.47 Å². The minimum absolute atomic E-state index is 0.0261. The lowest BCUT2D eigenvalue weighted by molar-refractivity contribution is -0.0293. The molecule has 1 aromatic heterocycles. The third kappa shape index (κ3) is 4.28. The third-order valence-electron chi connectivity index (χ3n) is 6.24. The fourth-order valence-electron chi connectivity index (χ4n) is 4.46. The summed E-state index contributed by atoms with van der Waals surface area (Å²) in [6.07, 6.45) is 2.54. The average molecular weight is 477 g/mol. The number of nitrogens with zero attached hydrogens (tertiary/aromatic N) is 2. The maximum Gasteiger partial charge on any atom is 0.274 e. The lowest BCUT2D eigenvalue weighted by atomic mass is 9.87. The van der Waals surface area contributed by atoms with Gasteiger partial charge in [0.05, 0.1) is 18.8 Å². The zero-order valence-electron chi connectivity index (χ0n) is 18.6. The molecule has 1 spiro atoms. The summed E-state index contributed by atoms with van der Waals surface area (Å²) in [4.78, 5) is 40.3. The first kappa shape index (κ1) is 23.8. The van der Waals surface area contributed by atoms with E-state index in [1.165, 1.54) is 28.8 Å². The molecule has 1 atom stereocenters. The number of methoxy groups -OCH3 is 1. The highest BCUT2D eigenvalue weighted by Crippen LogP contribution is 2.36. The minimum Gasteiger partial charge on any atom is -0.503 e. The SMILES string of the molecule is COCCN1CC2(CCCOC2)n2cc(C(=O)NCc3ccc(F)cc3F)c(=O)c(O)c2C1=O. The van der Waals surface area contributed by atoms with Crippen molar-refractivity contribution in [3.05, 3.63) is 63.1 Å². The van der Waals surface area contributed by atoms with Gasteiger partial charge in [-0.25, -0.2) is 8.78 Å². The van der Waals surface area contributed by atoms with Crippen molar-refractivity contribution in [2.24, 2.45) is 0 Å².